The van der Waals surface area contributed by atoms with Gasteiger partial charge in [0.05, 0.1) is 11.7 Å². The number of benzene rings is 2. The number of halogens is 3. The smallest absolute Gasteiger partial charge is 0.134 e. The third-order valence-corrected chi connectivity index (χ3v) is 3.61. The van der Waals surface area contributed by atoms with Gasteiger partial charge < -0.3 is 5.11 Å². The van der Waals surface area contributed by atoms with E-state index < -0.39 is 29.1 Å². The molecule has 0 aliphatic rings. The minimum atomic E-state index is -1.36. The van der Waals surface area contributed by atoms with Crippen LogP contribution in [-0.2, 0) is 6.42 Å². The second kappa shape index (κ2) is 5.90. The third-order valence-electron chi connectivity index (χ3n) is 3.61. The van der Waals surface area contributed by atoms with Crippen LogP contribution in [0.1, 0.15) is 33.9 Å². The summed E-state index contributed by atoms with van der Waals surface area (Å²) in [6.45, 7) is 5.73. The molecule has 112 valence electrons. The number of aliphatic hydroxyl groups excluding tert-OH is 1. The zero-order chi connectivity index (χ0) is 15.7. The van der Waals surface area contributed by atoms with Crippen LogP contribution in [0.4, 0.5) is 13.2 Å². The molecule has 1 unspecified atom stereocenters. The molecule has 0 saturated heterocycles. The lowest BCUT2D eigenvalue weighted by atomic mass is 9.92. The summed E-state index contributed by atoms with van der Waals surface area (Å²) in [7, 11) is 0. The first-order valence-electron chi connectivity index (χ1n) is 6.69. The molecule has 0 aliphatic carbocycles. The largest absolute Gasteiger partial charge is 0.388 e. The molecule has 0 fully saturated rings. The van der Waals surface area contributed by atoms with E-state index in [1.54, 1.807) is 0 Å². The second-order valence-corrected chi connectivity index (χ2v) is 5.38. The van der Waals surface area contributed by atoms with Crippen LogP contribution >= 0.6 is 0 Å². The van der Waals surface area contributed by atoms with Crippen LogP contribution in [0.5, 0.6) is 0 Å². The molecule has 0 aromatic heterocycles. The van der Waals surface area contributed by atoms with Gasteiger partial charge in [-0.3, -0.25) is 0 Å². The number of hydrogen-bond acceptors (Lipinski definition) is 1. The summed E-state index contributed by atoms with van der Waals surface area (Å²) in [4.78, 5) is 0. The van der Waals surface area contributed by atoms with Gasteiger partial charge in [-0.1, -0.05) is 17.7 Å². The van der Waals surface area contributed by atoms with Gasteiger partial charge >= 0.3 is 0 Å². The van der Waals surface area contributed by atoms with E-state index in [1.165, 1.54) is 0 Å². The van der Waals surface area contributed by atoms with Crippen LogP contribution in [-0.4, -0.2) is 5.11 Å². The fraction of sp³-hybridized carbons (Fsp3) is 0.294. The van der Waals surface area contributed by atoms with Crippen LogP contribution < -0.4 is 0 Å². The number of rotatable bonds is 3. The van der Waals surface area contributed by atoms with E-state index in [1.807, 2.05) is 32.9 Å². The molecule has 2 rings (SSSR count). The summed E-state index contributed by atoms with van der Waals surface area (Å²) in [6.07, 6.45) is -1.28. The summed E-state index contributed by atoms with van der Waals surface area (Å²) < 4.78 is 40.3. The van der Waals surface area contributed by atoms with Gasteiger partial charge in [-0.15, -0.1) is 0 Å². The highest BCUT2D eigenvalue weighted by Crippen LogP contribution is 2.28. The lowest BCUT2D eigenvalue weighted by Gasteiger charge is -2.17. The molecule has 1 nitrogen and oxygen atoms in total. The molecule has 2 aromatic carbocycles. The van der Waals surface area contributed by atoms with Gasteiger partial charge in [-0.2, -0.15) is 0 Å². The minimum Gasteiger partial charge on any atom is -0.388 e. The first kappa shape index (κ1) is 15.6. The Morgan fingerprint density at radius 2 is 1.38 bits per heavy atom. The molecule has 0 radical (unpaired) electrons. The van der Waals surface area contributed by atoms with E-state index in [0.29, 0.717) is 12.1 Å². The van der Waals surface area contributed by atoms with Crippen LogP contribution in [0.3, 0.4) is 0 Å². The van der Waals surface area contributed by atoms with Crippen LogP contribution in [0, 0.1) is 38.2 Å². The van der Waals surface area contributed by atoms with Gasteiger partial charge in [0.1, 0.15) is 17.5 Å². The van der Waals surface area contributed by atoms with Crippen molar-refractivity contribution in [3.63, 3.8) is 0 Å². The molecule has 0 heterocycles. The van der Waals surface area contributed by atoms with E-state index in [2.05, 4.69) is 0 Å². The fourth-order valence-corrected chi connectivity index (χ4v) is 2.70. The van der Waals surface area contributed by atoms with Crippen molar-refractivity contribution >= 4 is 0 Å². The van der Waals surface area contributed by atoms with Gasteiger partial charge in [0.2, 0.25) is 0 Å². The molecule has 0 bridgehead atoms. The van der Waals surface area contributed by atoms with Gasteiger partial charge in [-0.05, 0) is 37.5 Å². The standard InChI is InChI=1S/C17H17F3O/c1-9-4-10(2)13(11(3)5-9)8-16(21)17-14(19)6-12(18)7-15(17)20/h4-7,16,21H,8H2,1-3H3. The highest BCUT2D eigenvalue weighted by molar-refractivity contribution is 5.39. The summed E-state index contributed by atoms with van der Waals surface area (Å²) in [5, 5.41) is 10.1. The summed E-state index contributed by atoms with van der Waals surface area (Å²) in [6, 6.07) is 5.06. The summed E-state index contributed by atoms with van der Waals surface area (Å²) in [5.74, 6) is -3.13. The predicted molar refractivity (Wildman–Crippen MR) is 75.6 cm³/mol. The summed E-state index contributed by atoms with van der Waals surface area (Å²) in [5.41, 5.74) is 3.35. The maximum atomic E-state index is 13.7. The first-order valence-corrected chi connectivity index (χ1v) is 6.69. The molecule has 0 spiro atoms. The van der Waals surface area contributed by atoms with E-state index in [4.69, 9.17) is 0 Å². The Bertz CT molecular complexity index is 634. The SMILES string of the molecule is Cc1cc(C)c(CC(O)c2c(F)cc(F)cc2F)c(C)c1. The van der Waals surface area contributed by atoms with Gasteiger partial charge in [0.25, 0.3) is 0 Å². The molecule has 0 saturated carbocycles. The Labute approximate surface area is 122 Å². The van der Waals surface area contributed by atoms with Crippen molar-refractivity contribution in [2.75, 3.05) is 0 Å². The zero-order valence-electron chi connectivity index (χ0n) is 12.2. The number of aryl methyl sites for hydroxylation is 3. The summed E-state index contributed by atoms with van der Waals surface area (Å²) >= 11 is 0. The molecule has 2 aromatic rings. The zero-order valence-corrected chi connectivity index (χ0v) is 12.2. The van der Waals surface area contributed by atoms with Crippen molar-refractivity contribution in [1.82, 2.24) is 0 Å². The Morgan fingerprint density at radius 3 is 1.86 bits per heavy atom. The molecule has 1 atom stereocenters. The average molecular weight is 294 g/mol. The highest BCUT2D eigenvalue weighted by atomic mass is 19.1. The Kier molecular flexibility index (Phi) is 4.37. The van der Waals surface area contributed by atoms with Crippen LogP contribution in [0.15, 0.2) is 24.3 Å². The molecule has 4 heteroatoms. The predicted octanol–water partition coefficient (Wildman–Crippen LogP) is 4.31. The second-order valence-electron chi connectivity index (χ2n) is 5.38. The third kappa shape index (κ3) is 3.27. The minimum absolute atomic E-state index is 0.0808. The van der Waals surface area contributed by atoms with Crippen molar-refractivity contribution in [1.29, 1.82) is 0 Å². The molecule has 0 amide bonds. The quantitative estimate of drug-likeness (QED) is 0.894. The normalized spacial score (nSPS) is 12.5. The maximum absolute atomic E-state index is 13.7. The lowest BCUT2D eigenvalue weighted by Crippen LogP contribution is -2.10. The highest BCUT2D eigenvalue weighted by Gasteiger charge is 2.21. The monoisotopic (exact) mass is 294 g/mol. The van der Waals surface area contributed by atoms with Crippen molar-refractivity contribution < 1.29 is 18.3 Å². The van der Waals surface area contributed by atoms with Crippen LogP contribution in [0.2, 0.25) is 0 Å². The van der Waals surface area contributed by atoms with E-state index >= 15 is 0 Å². The van der Waals surface area contributed by atoms with Gasteiger partial charge in [-0.25, -0.2) is 13.2 Å². The number of aliphatic hydroxyl groups is 1. The van der Waals surface area contributed by atoms with Crippen molar-refractivity contribution in [2.45, 2.75) is 33.3 Å². The molecular formula is C17H17F3O. The Balaban J connectivity index is 2.37. The topological polar surface area (TPSA) is 20.2 Å². The van der Waals surface area contributed by atoms with Crippen molar-refractivity contribution in [3.05, 3.63) is 69.5 Å². The Morgan fingerprint density at radius 1 is 0.905 bits per heavy atom. The molecule has 21 heavy (non-hydrogen) atoms. The first-order chi connectivity index (χ1) is 9.79. The average Bonchev–Trinajstić information content (AvgIpc) is 2.32. The molecule has 1 N–H and O–H groups in total. The van der Waals surface area contributed by atoms with E-state index in [-0.39, 0.29) is 6.42 Å². The fourth-order valence-electron chi connectivity index (χ4n) is 2.70. The van der Waals surface area contributed by atoms with Gasteiger partial charge in [0.15, 0.2) is 0 Å². The van der Waals surface area contributed by atoms with Crippen molar-refractivity contribution in [2.24, 2.45) is 0 Å². The van der Waals surface area contributed by atoms with Gasteiger partial charge in [0, 0.05) is 18.6 Å². The van der Waals surface area contributed by atoms with E-state index in [9.17, 15) is 18.3 Å². The Hall–Kier alpha value is -1.81. The van der Waals surface area contributed by atoms with Crippen molar-refractivity contribution in [3.8, 4) is 0 Å². The van der Waals surface area contributed by atoms with E-state index in [0.717, 1.165) is 22.3 Å². The van der Waals surface area contributed by atoms with Crippen LogP contribution in [0.25, 0.3) is 0 Å². The maximum Gasteiger partial charge on any atom is 0.134 e. The molecular weight excluding hydrogens is 277 g/mol. The molecule has 0 aliphatic heterocycles. The number of hydrogen-bond donors (Lipinski definition) is 1. The lowest BCUT2D eigenvalue weighted by molar-refractivity contribution is 0.167.